The Hall–Kier alpha value is -3.11. The summed E-state index contributed by atoms with van der Waals surface area (Å²) < 4.78 is 38.5. The second-order valence-corrected chi connectivity index (χ2v) is 7.79. The van der Waals surface area contributed by atoms with Crippen molar-refractivity contribution in [3.05, 3.63) is 48.0 Å². The molecule has 2 aromatic carbocycles. The number of hydrogen-bond donors (Lipinski definition) is 2. The standard InChI is InChI=1S/C19H22N2O7S/c1-12(2)28-16-8-7-13(9-17(16)26-3)19(23)27-11-18(22)21-14-5-4-6-15(10-14)29(20,24)25/h4-10,12H,11H2,1-3H3,(H,21,22)(H2,20,24,25). The van der Waals surface area contributed by atoms with E-state index >= 15 is 0 Å². The van der Waals surface area contributed by atoms with Crippen LogP contribution in [0.1, 0.15) is 24.2 Å². The number of carbonyl (C=O) groups is 2. The van der Waals surface area contributed by atoms with E-state index in [1.807, 2.05) is 13.8 Å². The van der Waals surface area contributed by atoms with Crippen LogP contribution in [0.15, 0.2) is 47.4 Å². The highest BCUT2D eigenvalue weighted by Gasteiger charge is 2.15. The van der Waals surface area contributed by atoms with Crippen molar-refractivity contribution in [2.45, 2.75) is 24.8 Å². The number of rotatable bonds is 8. The lowest BCUT2D eigenvalue weighted by atomic mass is 10.2. The van der Waals surface area contributed by atoms with E-state index in [-0.39, 0.29) is 22.3 Å². The van der Waals surface area contributed by atoms with Gasteiger partial charge in [0.1, 0.15) is 0 Å². The van der Waals surface area contributed by atoms with Gasteiger partial charge >= 0.3 is 5.97 Å². The van der Waals surface area contributed by atoms with Gasteiger partial charge in [-0.1, -0.05) is 6.07 Å². The van der Waals surface area contributed by atoms with E-state index in [0.717, 1.165) is 0 Å². The number of sulfonamides is 1. The first-order valence-electron chi connectivity index (χ1n) is 8.54. The van der Waals surface area contributed by atoms with Crippen molar-refractivity contribution >= 4 is 27.6 Å². The molecule has 0 heterocycles. The smallest absolute Gasteiger partial charge is 0.338 e. The van der Waals surface area contributed by atoms with Gasteiger partial charge in [0.25, 0.3) is 5.91 Å². The number of nitrogens with one attached hydrogen (secondary N) is 1. The number of primary sulfonamides is 1. The molecule has 0 saturated carbocycles. The maximum Gasteiger partial charge on any atom is 0.338 e. The third-order valence-electron chi connectivity index (χ3n) is 3.54. The predicted molar refractivity (Wildman–Crippen MR) is 105 cm³/mol. The zero-order chi connectivity index (χ0) is 21.6. The topological polar surface area (TPSA) is 134 Å². The van der Waals surface area contributed by atoms with Crippen LogP contribution in [0.2, 0.25) is 0 Å². The Morgan fingerprint density at radius 2 is 1.83 bits per heavy atom. The first-order valence-corrected chi connectivity index (χ1v) is 10.1. The van der Waals surface area contributed by atoms with Crippen LogP contribution in [0.25, 0.3) is 0 Å². The second kappa shape index (κ2) is 9.39. The van der Waals surface area contributed by atoms with Crippen molar-refractivity contribution in [3.8, 4) is 11.5 Å². The van der Waals surface area contributed by atoms with Crippen molar-refractivity contribution in [3.63, 3.8) is 0 Å². The predicted octanol–water partition coefficient (Wildman–Crippen LogP) is 1.93. The zero-order valence-corrected chi connectivity index (χ0v) is 17.0. The van der Waals surface area contributed by atoms with Gasteiger partial charge in [0.15, 0.2) is 18.1 Å². The van der Waals surface area contributed by atoms with Gasteiger partial charge in [-0.3, -0.25) is 4.79 Å². The molecule has 0 saturated heterocycles. The number of esters is 1. The Morgan fingerprint density at radius 3 is 2.45 bits per heavy atom. The number of hydrogen-bond acceptors (Lipinski definition) is 7. The van der Waals surface area contributed by atoms with Crippen LogP contribution in [-0.4, -0.2) is 40.1 Å². The van der Waals surface area contributed by atoms with Gasteiger partial charge in [-0.2, -0.15) is 0 Å². The molecule has 3 N–H and O–H groups in total. The molecule has 156 valence electrons. The lowest BCUT2D eigenvalue weighted by Crippen LogP contribution is -2.21. The quantitative estimate of drug-likeness (QED) is 0.621. The maximum absolute atomic E-state index is 12.2. The van der Waals surface area contributed by atoms with E-state index in [1.54, 1.807) is 6.07 Å². The molecule has 0 radical (unpaired) electrons. The van der Waals surface area contributed by atoms with Crippen molar-refractivity contribution in [1.82, 2.24) is 0 Å². The summed E-state index contributed by atoms with van der Waals surface area (Å²) in [6, 6.07) is 9.93. The van der Waals surface area contributed by atoms with Crippen molar-refractivity contribution in [2.24, 2.45) is 5.14 Å². The summed E-state index contributed by atoms with van der Waals surface area (Å²) in [5, 5.41) is 7.48. The minimum atomic E-state index is -3.90. The highest BCUT2D eigenvalue weighted by atomic mass is 32.2. The Morgan fingerprint density at radius 1 is 1.10 bits per heavy atom. The van der Waals surface area contributed by atoms with E-state index in [9.17, 15) is 18.0 Å². The molecule has 0 aliphatic carbocycles. The molecule has 0 bridgehead atoms. The van der Waals surface area contributed by atoms with Gasteiger partial charge in [-0.05, 0) is 50.2 Å². The molecule has 1 amide bonds. The highest BCUT2D eigenvalue weighted by Crippen LogP contribution is 2.29. The number of ether oxygens (including phenoxy) is 3. The van der Waals surface area contributed by atoms with E-state index < -0.39 is 28.5 Å². The maximum atomic E-state index is 12.2. The van der Waals surface area contributed by atoms with E-state index in [4.69, 9.17) is 19.3 Å². The minimum Gasteiger partial charge on any atom is -0.493 e. The molecular weight excluding hydrogens is 400 g/mol. The summed E-state index contributed by atoms with van der Waals surface area (Å²) in [6.07, 6.45) is -0.0711. The fourth-order valence-corrected chi connectivity index (χ4v) is 2.87. The van der Waals surface area contributed by atoms with Crippen LogP contribution < -0.4 is 19.9 Å². The Balaban J connectivity index is 1.99. The summed E-state index contributed by atoms with van der Waals surface area (Å²) in [4.78, 5) is 24.0. The van der Waals surface area contributed by atoms with Crippen LogP contribution >= 0.6 is 0 Å². The molecule has 0 aliphatic rings. The van der Waals surface area contributed by atoms with Crippen molar-refractivity contribution in [2.75, 3.05) is 19.0 Å². The summed E-state index contributed by atoms with van der Waals surface area (Å²) in [5.41, 5.74) is 0.386. The van der Waals surface area contributed by atoms with Gasteiger partial charge in [-0.25, -0.2) is 18.4 Å². The molecule has 2 aromatic rings. The fraction of sp³-hybridized carbons (Fsp3) is 0.263. The summed E-state index contributed by atoms with van der Waals surface area (Å²) in [7, 11) is -2.45. The second-order valence-electron chi connectivity index (χ2n) is 6.23. The van der Waals surface area contributed by atoms with E-state index in [2.05, 4.69) is 5.32 Å². The molecule has 0 aromatic heterocycles. The molecule has 10 heteroatoms. The molecule has 0 spiro atoms. The van der Waals surface area contributed by atoms with Gasteiger partial charge in [-0.15, -0.1) is 0 Å². The van der Waals surface area contributed by atoms with Gasteiger partial charge in [0.05, 0.1) is 23.7 Å². The first-order chi connectivity index (χ1) is 13.6. The Labute approximate surface area is 168 Å². The SMILES string of the molecule is COc1cc(C(=O)OCC(=O)Nc2cccc(S(N)(=O)=O)c2)ccc1OC(C)C. The van der Waals surface area contributed by atoms with Crippen molar-refractivity contribution in [1.29, 1.82) is 0 Å². The first kappa shape index (κ1) is 22.2. The van der Waals surface area contributed by atoms with Crippen molar-refractivity contribution < 1.29 is 32.2 Å². The average molecular weight is 422 g/mol. The summed E-state index contributed by atoms with van der Waals surface area (Å²) in [6.45, 7) is 3.16. The molecule has 0 fully saturated rings. The van der Waals surface area contributed by atoms with Crippen LogP contribution in [-0.2, 0) is 19.6 Å². The van der Waals surface area contributed by atoms with Crippen LogP contribution in [0.3, 0.4) is 0 Å². The minimum absolute atomic E-state index is 0.0711. The monoisotopic (exact) mass is 422 g/mol. The third kappa shape index (κ3) is 6.47. The number of carbonyl (C=O) groups excluding carboxylic acids is 2. The van der Waals surface area contributed by atoms with E-state index in [0.29, 0.717) is 11.5 Å². The number of anilines is 1. The largest absolute Gasteiger partial charge is 0.493 e. The molecule has 0 unspecified atom stereocenters. The van der Waals surface area contributed by atoms with Gasteiger partial charge in [0, 0.05) is 5.69 Å². The van der Waals surface area contributed by atoms with Crippen LogP contribution in [0, 0.1) is 0 Å². The van der Waals surface area contributed by atoms with Crippen LogP contribution in [0.5, 0.6) is 11.5 Å². The van der Waals surface area contributed by atoms with Crippen LogP contribution in [0.4, 0.5) is 5.69 Å². The molecule has 9 nitrogen and oxygen atoms in total. The number of benzene rings is 2. The van der Waals surface area contributed by atoms with E-state index in [1.165, 1.54) is 43.5 Å². The lowest BCUT2D eigenvalue weighted by Gasteiger charge is -2.14. The highest BCUT2D eigenvalue weighted by molar-refractivity contribution is 7.89. The number of nitrogens with two attached hydrogens (primary N) is 1. The number of methoxy groups -OCH3 is 1. The van der Waals surface area contributed by atoms with Gasteiger partial charge < -0.3 is 19.5 Å². The number of amides is 1. The summed E-state index contributed by atoms with van der Waals surface area (Å²) >= 11 is 0. The summed E-state index contributed by atoms with van der Waals surface area (Å²) in [5.74, 6) is -0.534. The molecule has 0 atom stereocenters. The average Bonchev–Trinajstić information content (AvgIpc) is 2.65. The fourth-order valence-electron chi connectivity index (χ4n) is 2.31. The molecule has 0 aliphatic heterocycles. The molecule has 29 heavy (non-hydrogen) atoms. The zero-order valence-electron chi connectivity index (χ0n) is 16.2. The Bertz CT molecular complexity index is 1000. The Kier molecular flexibility index (Phi) is 7.18. The molecule has 2 rings (SSSR count). The third-order valence-corrected chi connectivity index (χ3v) is 4.45. The van der Waals surface area contributed by atoms with Gasteiger partial charge in [0.2, 0.25) is 10.0 Å². The lowest BCUT2D eigenvalue weighted by molar-refractivity contribution is -0.119. The molecular formula is C19H22N2O7S. The normalized spacial score (nSPS) is 11.1.